The van der Waals surface area contributed by atoms with Crippen LogP contribution in [0.1, 0.15) is 0 Å². The van der Waals surface area contributed by atoms with Crippen LogP contribution in [-0.4, -0.2) is 12.8 Å². The lowest BCUT2D eigenvalue weighted by Gasteiger charge is -2.11. The molecular weight excluding hydrogens is 305 g/mol. The maximum Gasteiger partial charge on any atom is 0.422 e. The van der Waals surface area contributed by atoms with Gasteiger partial charge in [-0.05, 0) is 42.5 Å². The predicted octanol–water partition coefficient (Wildman–Crippen LogP) is 4.61. The Labute approximate surface area is 124 Å². The molecule has 21 heavy (non-hydrogen) atoms. The lowest BCUT2D eigenvalue weighted by Crippen LogP contribution is -2.19. The van der Waals surface area contributed by atoms with E-state index in [1.54, 1.807) is 30.3 Å². The lowest BCUT2D eigenvalue weighted by molar-refractivity contribution is -0.153. The average molecular weight is 317 g/mol. The van der Waals surface area contributed by atoms with Gasteiger partial charge >= 0.3 is 6.18 Å². The fraction of sp³-hybridized carbons (Fsp3) is 0.143. The van der Waals surface area contributed by atoms with Crippen LogP contribution in [0.25, 0.3) is 0 Å². The monoisotopic (exact) mass is 316 g/mol. The van der Waals surface area contributed by atoms with Gasteiger partial charge in [-0.3, -0.25) is 0 Å². The molecule has 0 saturated heterocycles. The average Bonchev–Trinajstić information content (AvgIpc) is 2.40. The SMILES string of the molecule is Nc1cc(Cl)ccc1Nc1ccc(OCC(F)(F)F)cc1. The molecule has 2 aromatic carbocycles. The van der Waals surface area contributed by atoms with Crippen LogP contribution in [-0.2, 0) is 0 Å². The van der Waals surface area contributed by atoms with Crippen molar-refractivity contribution in [2.24, 2.45) is 0 Å². The second-order valence-electron chi connectivity index (χ2n) is 4.28. The van der Waals surface area contributed by atoms with E-state index >= 15 is 0 Å². The maximum atomic E-state index is 12.0. The van der Waals surface area contributed by atoms with Crippen LogP contribution in [0.3, 0.4) is 0 Å². The molecule has 0 unspecified atom stereocenters. The standard InChI is InChI=1S/C14H12ClF3N2O/c15-9-1-6-13(12(19)7-9)20-10-2-4-11(5-3-10)21-8-14(16,17)18/h1-7,20H,8,19H2. The van der Waals surface area contributed by atoms with Crippen molar-refractivity contribution in [1.29, 1.82) is 0 Å². The molecule has 0 aliphatic heterocycles. The van der Waals surface area contributed by atoms with Gasteiger partial charge in [0.25, 0.3) is 0 Å². The van der Waals surface area contributed by atoms with E-state index in [0.29, 0.717) is 22.1 Å². The van der Waals surface area contributed by atoms with Crippen LogP contribution in [0.2, 0.25) is 5.02 Å². The van der Waals surface area contributed by atoms with Crippen molar-refractivity contribution >= 4 is 28.7 Å². The minimum atomic E-state index is -4.35. The third-order valence-corrected chi connectivity index (χ3v) is 2.78. The van der Waals surface area contributed by atoms with Gasteiger partial charge in [-0.15, -0.1) is 0 Å². The molecular formula is C14H12ClF3N2O. The van der Waals surface area contributed by atoms with E-state index in [1.807, 2.05) is 0 Å². The summed E-state index contributed by atoms with van der Waals surface area (Å²) in [6.07, 6.45) is -4.35. The van der Waals surface area contributed by atoms with Crippen molar-refractivity contribution in [2.75, 3.05) is 17.7 Å². The van der Waals surface area contributed by atoms with Crippen molar-refractivity contribution in [3.8, 4) is 5.75 Å². The van der Waals surface area contributed by atoms with E-state index in [2.05, 4.69) is 10.1 Å². The first-order valence-electron chi connectivity index (χ1n) is 5.95. The molecule has 0 radical (unpaired) electrons. The normalized spacial score (nSPS) is 11.2. The Kier molecular flexibility index (Phi) is 4.47. The summed E-state index contributed by atoms with van der Waals surface area (Å²) in [6, 6.07) is 11.1. The molecule has 3 N–H and O–H groups in total. The molecule has 0 bridgehead atoms. The highest BCUT2D eigenvalue weighted by molar-refractivity contribution is 6.31. The number of halogens is 4. The van der Waals surface area contributed by atoms with Crippen molar-refractivity contribution in [2.45, 2.75) is 6.18 Å². The van der Waals surface area contributed by atoms with Gasteiger partial charge < -0.3 is 15.8 Å². The summed E-state index contributed by atoms with van der Waals surface area (Å²) in [4.78, 5) is 0. The van der Waals surface area contributed by atoms with Crippen LogP contribution in [0.15, 0.2) is 42.5 Å². The maximum absolute atomic E-state index is 12.0. The number of hydrogen-bond donors (Lipinski definition) is 2. The lowest BCUT2D eigenvalue weighted by atomic mass is 10.2. The minimum absolute atomic E-state index is 0.141. The largest absolute Gasteiger partial charge is 0.484 e. The Bertz CT molecular complexity index is 615. The van der Waals surface area contributed by atoms with E-state index in [1.165, 1.54) is 12.1 Å². The van der Waals surface area contributed by atoms with Crippen molar-refractivity contribution in [3.05, 3.63) is 47.5 Å². The summed E-state index contributed by atoms with van der Waals surface area (Å²) >= 11 is 5.80. The summed E-state index contributed by atoms with van der Waals surface area (Å²) in [7, 11) is 0. The summed E-state index contributed by atoms with van der Waals surface area (Å²) in [5, 5.41) is 3.56. The zero-order valence-corrected chi connectivity index (χ0v) is 11.5. The zero-order chi connectivity index (χ0) is 15.5. The summed E-state index contributed by atoms with van der Waals surface area (Å²) in [6.45, 7) is -1.32. The molecule has 0 amide bonds. The summed E-state index contributed by atoms with van der Waals surface area (Å²) in [5.74, 6) is 0.141. The first kappa shape index (κ1) is 15.3. The number of rotatable bonds is 4. The van der Waals surface area contributed by atoms with Gasteiger partial charge in [0.15, 0.2) is 6.61 Å². The Morgan fingerprint density at radius 1 is 1.10 bits per heavy atom. The second-order valence-corrected chi connectivity index (χ2v) is 4.72. The number of hydrogen-bond acceptors (Lipinski definition) is 3. The second kappa shape index (κ2) is 6.13. The molecule has 0 aliphatic carbocycles. The topological polar surface area (TPSA) is 47.3 Å². The quantitative estimate of drug-likeness (QED) is 0.810. The molecule has 0 aliphatic rings. The van der Waals surface area contributed by atoms with Crippen molar-refractivity contribution < 1.29 is 17.9 Å². The first-order valence-corrected chi connectivity index (χ1v) is 6.33. The highest BCUT2D eigenvalue weighted by atomic mass is 35.5. The van der Waals surface area contributed by atoms with Crippen LogP contribution < -0.4 is 15.8 Å². The third kappa shape index (κ3) is 4.75. The molecule has 0 aromatic heterocycles. The molecule has 2 aromatic rings. The van der Waals surface area contributed by atoms with Gasteiger partial charge in [-0.2, -0.15) is 13.2 Å². The Balaban J connectivity index is 2.02. The van der Waals surface area contributed by atoms with Gasteiger partial charge in [0.05, 0.1) is 11.4 Å². The van der Waals surface area contributed by atoms with Crippen molar-refractivity contribution in [1.82, 2.24) is 0 Å². The fourth-order valence-electron chi connectivity index (χ4n) is 1.60. The number of nitrogens with two attached hydrogens (primary N) is 1. The third-order valence-electron chi connectivity index (χ3n) is 2.55. The minimum Gasteiger partial charge on any atom is -0.484 e. The number of benzene rings is 2. The molecule has 0 heterocycles. The Morgan fingerprint density at radius 3 is 2.33 bits per heavy atom. The van der Waals surface area contributed by atoms with Crippen LogP contribution in [0.4, 0.5) is 30.2 Å². The van der Waals surface area contributed by atoms with E-state index in [4.69, 9.17) is 17.3 Å². The molecule has 112 valence electrons. The molecule has 0 fully saturated rings. The smallest absolute Gasteiger partial charge is 0.422 e. The first-order chi connectivity index (χ1) is 9.83. The van der Waals surface area contributed by atoms with E-state index < -0.39 is 12.8 Å². The molecule has 0 atom stereocenters. The number of alkyl halides is 3. The molecule has 7 heteroatoms. The number of ether oxygens (including phenoxy) is 1. The highest BCUT2D eigenvalue weighted by Gasteiger charge is 2.28. The van der Waals surface area contributed by atoms with Gasteiger partial charge in [-0.25, -0.2) is 0 Å². The number of nitrogen functional groups attached to an aromatic ring is 1. The van der Waals surface area contributed by atoms with Gasteiger partial charge in [0.1, 0.15) is 5.75 Å². The van der Waals surface area contributed by atoms with Gasteiger partial charge in [0, 0.05) is 10.7 Å². The van der Waals surface area contributed by atoms with E-state index in [-0.39, 0.29) is 5.75 Å². The Morgan fingerprint density at radius 2 is 1.76 bits per heavy atom. The van der Waals surface area contributed by atoms with Crippen LogP contribution in [0, 0.1) is 0 Å². The van der Waals surface area contributed by atoms with E-state index in [9.17, 15) is 13.2 Å². The number of nitrogens with one attached hydrogen (secondary N) is 1. The molecule has 0 saturated carbocycles. The Hall–Kier alpha value is -2.08. The van der Waals surface area contributed by atoms with Crippen molar-refractivity contribution in [3.63, 3.8) is 0 Å². The van der Waals surface area contributed by atoms with Crippen LogP contribution in [0.5, 0.6) is 5.75 Å². The zero-order valence-electron chi connectivity index (χ0n) is 10.7. The fourth-order valence-corrected chi connectivity index (χ4v) is 1.78. The summed E-state index contributed by atoms with van der Waals surface area (Å²) < 4.78 is 40.7. The van der Waals surface area contributed by atoms with Crippen LogP contribution >= 0.6 is 11.6 Å². The molecule has 2 rings (SSSR count). The highest BCUT2D eigenvalue weighted by Crippen LogP contribution is 2.27. The molecule has 3 nitrogen and oxygen atoms in total. The van der Waals surface area contributed by atoms with Gasteiger partial charge in [0.2, 0.25) is 0 Å². The predicted molar refractivity (Wildman–Crippen MR) is 77.1 cm³/mol. The summed E-state index contributed by atoms with van der Waals surface area (Å²) in [5.41, 5.74) is 7.60. The van der Waals surface area contributed by atoms with Gasteiger partial charge in [-0.1, -0.05) is 11.6 Å². The number of anilines is 3. The van der Waals surface area contributed by atoms with E-state index in [0.717, 1.165) is 0 Å². The molecule has 0 spiro atoms.